The molecule has 0 saturated carbocycles. The van der Waals surface area contributed by atoms with E-state index in [2.05, 4.69) is 10.6 Å². The van der Waals surface area contributed by atoms with Crippen LogP contribution in [-0.2, 0) is 4.79 Å². The lowest BCUT2D eigenvalue weighted by molar-refractivity contribution is -0.113. The highest BCUT2D eigenvalue weighted by Gasteiger charge is 2.17. The normalized spacial score (nSPS) is 11.4. The Bertz CT molecular complexity index is 1460. The third kappa shape index (κ3) is 7.05. The van der Waals surface area contributed by atoms with Crippen LogP contribution in [0.1, 0.15) is 31.2 Å². The smallest absolute Gasteiger partial charge is 0.272 e. The van der Waals surface area contributed by atoms with Crippen LogP contribution >= 0.6 is 34.5 Å². The van der Waals surface area contributed by atoms with E-state index in [9.17, 15) is 14.4 Å². The van der Waals surface area contributed by atoms with Gasteiger partial charge in [-0.2, -0.15) is 0 Å². The van der Waals surface area contributed by atoms with Crippen LogP contribution in [0, 0.1) is 0 Å². The number of amides is 2. The molecule has 2 amide bonds. The lowest BCUT2D eigenvalue weighted by Gasteiger charge is -2.12. The first-order valence-corrected chi connectivity index (χ1v) is 12.7. The molecule has 0 atom stereocenters. The highest BCUT2D eigenvalue weighted by molar-refractivity contribution is 7.10. The van der Waals surface area contributed by atoms with Crippen LogP contribution < -0.4 is 10.6 Å². The molecule has 4 aromatic rings. The molecular weight excluding hydrogens is 527 g/mol. The topological polar surface area (TPSA) is 75.3 Å². The Labute approximate surface area is 228 Å². The van der Waals surface area contributed by atoms with Gasteiger partial charge in [0.2, 0.25) is 0 Å². The van der Waals surface area contributed by atoms with Crippen molar-refractivity contribution < 1.29 is 14.4 Å². The van der Waals surface area contributed by atoms with Crippen LogP contribution in [0.3, 0.4) is 0 Å². The lowest BCUT2D eigenvalue weighted by Crippen LogP contribution is -2.30. The van der Waals surface area contributed by atoms with Gasteiger partial charge in [-0.25, -0.2) is 0 Å². The van der Waals surface area contributed by atoms with Crippen LogP contribution in [0.25, 0.3) is 12.2 Å². The van der Waals surface area contributed by atoms with Gasteiger partial charge >= 0.3 is 0 Å². The SMILES string of the molecule is O=C(Nc1ccc(C(=O)/C=C/c2cccs2)cc1)/C(=C/c1c(Cl)cccc1Cl)NC(=O)c1ccccc1. The highest BCUT2D eigenvalue weighted by atomic mass is 35.5. The van der Waals surface area contributed by atoms with E-state index in [-0.39, 0.29) is 11.5 Å². The van der Waals surface area contributed by atoms with Crippen molar-refractivity contribution in [3.05, 3.63) is 134 Å². The number of halogens is 2. The molecule has 0 spiro atoms. The van der Waals surface area contributed by atoms with Crippen molar-refractivity contribution in [1.29, 1.82) is 0 Å². The summed E-state index contributed by atoms with van der Waals surface area (Å²) in [6, 6.07) is 23.8. The van der Waals surface area contributed by atoms with E-state index in [1.54, 1.807) is 78.9 Å². The van der Waals surface area contributed by atoms with Crippen molar-refractivity contribution in [1.82, 2.24) is 5.32 Å². The first kappa shape index (κ1) is 26.1. The van der Waals surface area contributed by atoms with E-state index in [0.717, 1.165) is 4.88 Å². The number of thiophene rings is 1. The van der Waals surface area contributed by atoms with Gasteiger partial charge in [0, 0.05) is 37.3 Å². The Kier molecular flexibility index (Phi) is 8.69. The number of hydrogen-bond acceptors (Lipinski definition) is 4. The summed E-state index contributed by atoms with van der Waals surface area (Å²) >= 11 is 14.1. The first-order chi connectivity index (χ1) is 17.9. The van der Waals surface area contributed by atoms with Crippen molar-refractivity contribution in [2.75, 3.05) is 5.32 Å². The van der Waals surface area contributed by atoms with Crippen molar-refractivity contribution in [2.24, 2.45) is 0 Å². The summed E-state index contributed by atoms with van der Waals surface area (Å²) in [6.07, 6.45) is 4.69. The Morgan fingerprint density at radius 3 is 2.11 bits per heavy atom. The quantitative estimate of drug-likeness (QED) is 0.179. The van der Waals surface area contributed by atoms with Crippen molar-refractivity contribution in [2.45, 2.75) is 0 Å². The second-order valence-corrected chi connectivity index (χ2v) is 9.55. The van der Waals surface area contributed by atoms with Gasteiger partial charge in [-0.05, 0) is 78.2 Å². The van der Waals surface area contributed by atoms with E-state index in [1.165, 1.54) is 23.5 Å². The summed E-state index contributed by atoms with van der Waals surface area (Å²) in [7, 11) is 0. The molecule has 4 rings (SSSR count). The summed E-state index contributed by atoms with van der Waals surface area (Å²) in [5, 5.41) is 7.97. The van der Waals surface area contributed by atoms with Gasteiger partial charge in [-0.3, -0.25) is 14.4 Å². The number of allylic oxidation sites excluding steroid dienone is 1. The minimum atomic E-state index is -0.586. The Balaban J connectivity index is 1.54. The fourth-order valence-corrected chi connectivity index (χ4v) is 4.42. The minimum Gasteiger partial charge on any atom is -0.321 e. The van der Waals surface area contributed by atoms with Crippen LogP contribution in [0.4, 0.5) is 5.69 Å². The number of anilines is 1. The summed E-state index contributed by atoms with van der Waals surface area (Å²) < 4.78 is 0. The van der Waals surface area contributed by atoms with Gasteiger partial charge in [0.1, 0.15) is 5.70 Å². The molecule has 8 heteroatoms. The predicted molar refractivity (Wildman–Crippen MR) is 151 cm³/mol. The predicted octanol–water partition coefficient (Wildman–Crippen LogP) is 7.36. The van der Waals surface area contributed by atoms with E-state index < -0.39 is 11.8 Å². The monoisotopic (exact) mass is 546 g/mol. The average Bonchev–Trinajstić information content (AvgIpc) is 3.43. The van der Waals surface area contributed by atoms with Gasteiger partial charge in [-0.1, -0.05) is 53.5 Å². The van der Waals surface area contributed by atoms with Gasteiger partial charge in [-0.15, -0.1) is 11.3 Å². The van der Waals surface area contributed by atoms with E-state index in [0.29, 0.717) is 32.4 Å². The maximum absolute atomic E-state index is 13.2. The van der Waals surface area contributed by atoms with Crippen LogP contribution in [0.15, 0.2) is 102 Å². The molecular formula is C29H20Cl2N2O3S. The molecule has 0 bridgehead atoms. The molecule has 0 saturated heterocycles. The number of rotatable bonds is 8. The van der Waals surface area contributed by atoms with Crippen molar-refractivity contribution >= 4 is 70.0 Å². The fraction of sp³-hybridized carbons (Fsp3) is 0. The number of carbonyl (C=O) groups excluding carboxylic acids is 3. The van der Waals surface area contributed by atoms with Crippen molar-refractivity contribution in [3.8, 4) is 0 Å². The first-order valence-electron chi connectivity index (χ1n) is 11.1. The number of hydrogen-bond donors (Lipinski definition) is 2. The lowest BCUT2D eigenvalue weighted by atomic mass is 10.1. The third-order valence-electron chi connectivity index (χ3n) is 5.19. The molecule has 0 aliphatic heterocycles. The zero-order chi connectivity index (χ0) is 26.2. The summed E-state index contributed by atoms with van der Waals surface area (Å²) in [5.74, 6) is -1.21. The molecule has 37 heavy (non-hydrogen) atoms. The second-order valence-electron chi connectivity index (χ2n) is 7.76. The van der Waals surface area contributed by atoms with Crippen molar-refractivity contribution in [3.63, 3.8) is 0 Å². The molecule has 0 unspecified atom stereocenters. The van der Waals surface area contributed by atoms with E-state index >= 15 is 0 Å². The largest absolute Gasteiger partial charge is 0.321 e. The van der Waals surface area contributed by atoms with Gasteiger partial charge < -0.3 is 10.6 Å². The zero-order valence-electron chi connectivity index (χ0n) is 19.3. The summed E-state index contributed by atoms with van der Waals surface area (Å²) in [4.78, 5) is 39.4. The number of nitrogens with one attached hydrogen (secondary N) is 2. The van der Waals surface area contributed by atoms with Crippen LogP contribution in [0.5, 0.6) is 0 Å². The molecule has 3 aromatic carbocycles. The maximum Gasteiger partial charge on any atom is 0.272 e. The van der Waals surface area contributed by atoms with E-state index in [1.807, 2.05) is 17.5 Å². The maximum atomic E-state index is 13.2. The Morgan fingerprint density at radius 2 is 1.46 bits per heavy atom. The second kappa shape index (κ2) is 12.3. The molecule has 0 aliphatic carbocycles. The standard InChI is InChI=1S/C29H20Cl2N2O3S/c30-24-9-4-10-25(31)23(24)18-26(33-28(35)20-6-2-1-3-7-20)29(36)32-21-13-11-19(12-14-21)27(34)16-15-22-8-5-17-37-22/h1-18H,(H,32,36)(H,33,35)/b16-15+,26-18-. The molecule has 1 aromatic heterocycles. The summed E-state index contributed by atoms with van der Waals surface area (Å²) in [5.41, 5.74) is 1.63. The highest BCUT2D eigenvalue weighted by Crippen LogP contribution is 2.27. The average molecular weight is 547 g/mol. The van der Waals surface area contributed by atoms with Gasteiger partial charge in [0.05, 0.1) is 0 Å². The molecule has 0 aliphatic rings. The molecule has 0 radical (unpaired) electrons. The molecule has 184 valence electrons. The molecule has 1 heterocycles. The molecule has 0 fully saturated rings. The Morgan fingerprint density at radius 1 is 0.757 bits per heavy atom. The molecule has 5 nitrogen and oxygen atoms in total. The third-order valence-corrected chi connectivity index (χ3v) is 6.68. The van der Waals surface area contributed by atoms with Crippen LogP contribution in [0.2, 0.25) is 10.0 Å². The van der Waals surface area contributed by atoms with Crippen LogP contribution in [-0.4, -0.2) is 17.6 Å². The Hall–Kier alpha value is -3.97. The van der Waals surface area contributed by atoms with Gasteiger partial charge in [0.25, 0.3) is 11.8 Å². The van der Waals surface area contributed by atoms with Gasteiger partial charge in [0.15, 0.2) is 5.78 Å². The number of ketones is 1. The summed E-state index contributed by atoms with van der Waals surface area (Å²) in [6.45, 7) is 0. The molecule has 2 N–H and O–H groups in total. The van der Waals surface area contributed by atoms with E-state index in [4.69, 9.17) is 23.2 Å². The minimum absolute atomic E-state index is 0.0529. The number of carbonyl (C=O) groups is 3. The number of benzene rings is 3. The zero-order valence-corrected chi connectivity index (χ0v) is 21.6. The fourth-order valence-electron chi connectivity index (χ4n) is 3.29.